The molecule has 14 heavy (non-hydrogen) atoms. The largest absolute Gasteiger partial charge is 0.361 e. The van der Waals surface area contributed by atoms with E-state index in [9.17, 15) is 0 Å². The van der Waals surface area contributed by atoms with Gasteiger partial charge in [0.25, 0.3) is 0 Å². The molecule has 0 aromatic carbocycles. The lowest BCUT2D eigenvalue weighted by atomic mass is 10.3. The summed E-state index contributed by atoms with van der Waals surface area (Å²) >= 11 is 4.90. The molecule has 6 heteroatoms. The fraction of sp³-hybridized carbons (Fsp3) is 0.250. The second-order valence-electron chi connectivity index (χ2n) is 2.73. The number of aromatic nitrogens is 3. The number of hydrogen-bond acceptors (Lipinski definition) is 4. The molecular weight excluding hydrogens is 264 g/mol. The van der Waals surface area contributed by atoms with E-state index in [4.69, 9.17) is 0 Å². The van der Waals surface area contributed by atoms with E-state index in [-0.39, 0.29) is 0 Å². The van der Waals surface area contributed by atoms with Gasteiger partial charge in [0.15, 0.2) is 5.13 Å². The number of hydrogen-bond donors (Lipinski definition) is 2. The Morgan fingerprint density at radius 1 is 1.57 bits per heavy atom. The zero-order chi connectivity index (χ0) is 9.80. The number of halogens is 1. The molecule has 0 unspecified atom stereocenters. The first kappa shape index (κ1) is 9.67. The molecule has 2 N–H and O–H groups in total. The molecule has 74 valence electrons. The molecule has 0 aliphatic rings. The van der Waals surface area contributed by atoms with Crippen LogP contribution >= 0.6 is 27.3 Å². The van der Waals surface area contributed by atoms with E-state index < -0.39 is 0 Å². The van der Waals surface area contributed by atoms with E-state index in [2.05, 4.69) is 36.2 Å². The number of H-pyrrole nitrogens is 1. The Bertz CT molecular complexity index is 384. The van der Waals surface area contributed by atoms with Crippen LogP contribution in [0.3, 0.4) is 0 Å². The second-order valence-corrected chi connectivity index (χ2v) is 4.40. The lowest BCUT2D eigenvalue weighted by Gasteiger charge is -1.99. The van der Waals surface area contributed by atoms with Crippen LogP contribution in [-0.2, 0) is 6.42 Å². The Morgan fingerprint density at radius 3 is 3.14 bits per heavy atom. The first-order valence-electron chi connectivity index (χ1n) is 4.17. The molecule has 2 heterocycles. The van der Waals surface area contributed by atoms with Crippen LogP contribution in [0.1, 0.15) is 5.69 Å². The molecule has 0 bridgehead atoms. The molecule has 0 fully saturated rings. The smallest absolute Gasteiger partial charge is 0.183 e. The van der Waals surface area contributed by atoms with Crippen molar-refractivity contribution < 1.29 is 0 Å². The molecular formula is C8H9BrN4S. The maximum absolute atomic E-state index is 4.23. The molecule has 2 rings (SSSR count). The van der Waals surface area contributed by atoms with Crippen molar-refractivity contribution in [1.82, 2.24) is 15.0 Å². The highest BCUT2D eigenvalue weighted by Crippen LogP contribution is 2.18. The molecule has 0 spiro atoms. The van der Waals surface area contributed by atoms with Crippen LogP contribution in [0.4, 0.5) is 5.13 Å². The first-order chi connectivity index (χ1) is 6.84. The molecule has 0 radical (unpaired) electrons. The van der Waals surface area contributed by atoms with Crippen molar-refractivity contribution in [3.8, 4) is 0 Å². The average Bonchev–Trinajstić information content (AvgIpc) is 2.77. The van der Waals surface area contributed by atoms with Crippen molar-refractivity contribution in [3.05, 3.63) is 28.2 Å². The molecule has 0 atom stereocenters. The van der Waals surface area contributed by atoms with E-state index in [1.165, 1.54) is 0 Å². The minimum absolute atomic E-state index is 0.863. The summed E-state index contributed by atoms with van der Waals surface area (Å²) in [6.07, 6.45) is 4.45. The summed E-state index contributed by atoms with van der Waals surface area (Å²) in [5.74, 6) is 0. The maximum Gasteiger partial charge on any atom is 0.183 e. The van der Waals surface area contributed by atoms with Crippen molar-refractivity contribution in [2.75, 3.05) is 11.9 Å². The summed E-state index contributed by atoms with van der Waals surface area (Å²) in [4.78, 5) is 11.2. The van der Waals surface area contributed by atoms with E-state index in [0.717, 1.165) is 28.4 Å². The van der Waals surface area contributed by atoms with Gasteiger partial charge in [-0.25, -0.2) is 9.97 Å². The fourth-order valence-corrected chi connectivity index (χ4v) is 2.23. The predicted molar refractivity (Wildman–Crippen MR) is 60.6 cm³/mol. The average molecular weight is 273 g/mol. The first-order valence-corrected chi connectivity index (χ1v) is 5.84. The van der Waals surface area contributed by atoms with E-state index in [1.807, 2.05) is 11.6 Å². The Labute approximate surface area is 93.9 Å². The SMILES string of the molecule is Brc1csc(NCCc2cnc[nH]2)n1. The number of imidazole rings is 1. The van der Waals surface area contributed by atoms with Gasteiger partial charge in [0.2, 0.25) is 0 Å². The van der Waals surface area contributed by atoms with Gasteiger partial charge in [-0.1, -0.05) is 0 Å². The standard InChI is InChI=1S/C8H9BrN4S/c9-7-4-14-8(13-7)11-2-1-6-3-10-5-12-6/h3-5H,1-2H2,(H,10,12)(H,11,13). The molecule has 2 aromatic heterocycles. The molecule has 2 aromatic rings. The van der Waals surface area contributed by atoms with Crippen LogP contribution in [0.2, 0.25) is 0 Å². The number of aromatic amines is 1. The van der Waals surface area contributed by atoms with Gasteiger partial charge >= 0.3 is 0 Å². The van der Waals surface area contributed by atoms with Gasteiger partial charge in [0.05, 0.1) is 6.33 Å². The normalized spacial score (nSPS) is 10.4. The minimum Gasteiger partial charge on any atom is -0.361 e. The van der Waals surface area contributed by atoms with Gasteiger partial charge < -0.3 is 10.3 Å². The predicted octanol–water partition coefficient (Wildman–Crippen LogP) is 2.28. The lowest BCUT2D eigenvalue weighted by molar-refractivity contribution is 0.973. The molecule has 0 saturated carbocycles. The van der Waals surface area contributed by atoms with Gasteiger partial charge in [-0.3, -0.25) is 0 Å². The number of nitrogens with zero attached hydrogens (tertiary/aromatic N) is 2. The van der Waals surface area contributed by atoms with E-state index in [0.29, 0.717) is 0 Å². The Morgan fingerprint density at radius 2 is 2.50 bits per heavy atom. The third kappa shape index (κ3) is 2.55. The zero-order valence-corrected chi connectivity index (χ0v) is 9.73. The summed E-state index contributed by atoms with van der Waals surface area (Å²) in [6.45, 7) is 0.863. The highest BCUT2D eigenvalue weighted by molar-refractivity contribution is 9.10. The summed E-state index contributed by atoms with van der Waals surface area (Å²) < 4.78 is 0.881. The lowest BCUT2D eigenvalue weighted by Crippen LogP contribution is -2.04. The van der Waals surface area contributed by atoms with Gasteiger partial charge in [0.1, 0.15) is 4.60 Å². The minimum atomic E-state index is 0.863. The molecule has 0 amide bonds. The summed E-state index contributed by atoms with van der Waals surface area (Å²) in [7, 11) is 0. The van der Waals surface area contributed by atoms with Crippen molar-refractivity contribution in [1.29, 1.82) is 0 Å². The van der Waals surface area contributed by atoms with Gasteiger partial charge in [-0.05, 0) is 15.9 Å². The van der Waals surface area contributed by atoms with Crippen molar-refractivity contribution in [2.45, 2.75) is 6.42 Å². The third-order valence-corrected chi connectivity index (χ3v) is 3.21. The molecule has 4 nitrogen and oxygen atoms in total. The van der Waals surface area contributed by atoms with Crippen LogP contribution in [0.25, 0.3) is 0 Å². The summed E-state index contributed by atoms with van der Waals surface area (Å²) in [6, 6.07) is 0. The third-order valence-electron chi connectivity index (χ3n) is 1.70. The van der Waals surface area contributed by atoms with E-state index in [1.54, 1.807) is 17.7 Å². The Balaban J connectivity index is 1.78. The molecule has 0 aliphatic heterocycles. The number of rotatable bonds is 4. The van der Waals surface area contributed by atoms with Crippen LogP contribution in [0.15, 0.2) is 22.5 Å². The molecule has 0 aliphatic carbocycles. The summed E-state index contributed by atoms with van der Waals surface area (Å²) in [5, 5.41) is 6.13. The van der Waals surface area contributed by atoms with Crippen LogP contribution < -0.4 is 5.32 Å². The number of nitrogens with one attached hydrogen (secondary N) is 2. The van der Waals surface area contributed by atoms with Crippen molar-refractivity contribution >= 4 is 32.4 Å². The quantitative estimate of drug-likeness (QED) is 0.898. The number of thiazole rings is 1. The topological polar surface area (TPSA) is 53.6 Å². The van der Waals surface area contributed by atoms with Gasteiger partial charge in [0, 0.05) is 30.2 Å². The highest BCUT2D eigenvalue weighted by atomic mass is 79.9. The fourth-order valence-electron chi connectivity index (χ4n) is 1.06. The molecule has 0 saturated heterocycles. The van der Waals surface area contributed by atoms with Crippen LogP contribution in [0, 0.1) is 0 Å². The monoisotopic (exact) mass is 272 g/mol. The second kappa shape index (κ2) is 4.56. The summed E-state index contributed by atoms with van der Waals surface area (Å²) in [5.41, 5.74) is 1.13. The van der Waals surface area contributed by atoms with Crippen LogP contribution in [0.5, 0.6) is 0 Å². The number of anilines is 1. The van der Waals surface area contributed by atoms with E-state index >= 15 is 0 Å². The van der Waals surface area contributed by atoms with Crippen molar-refractivity contribution in [3.63, 3.8) is 0 Å². The zero-order valence-electron chi connectivity index (χ0n) is 7.33. The van der Waals surface area contributed by atoms with Gasteiger partial charge in [-0.15, -0.1) is 11.3 Å². The highest BCUT2D eigenvalue weighted by Gasteiger charge is 1.98. The van der Waals surface area contributed by atoms with Gasteiger partial charge in [-0.2, -0.15) is 0 Å². The Kier molecular flexibility index (Phi) is 3.15. The van der Waals surface area contributed by atoms with Crippen LogP contribution in [-0.4, -0.2) is 21.5 Å². The maximum atomic E-state index is 4.23. The van der Waals surface area contributed by atoms with Crippen molar-refractivity contribution in [2.24, 2.45) is 0 Å². The Hall–Kier alpha value is -0.880.